The number of benzene rings is 1. The van der Waals surface area contributed by atoms with Gasteiger partial charge in [0.1, 0.15) is 24.2 Å². The predicted molar refractivity (Wildman–Crippen MR) is 102 cm³/mol. The van der Waals surface area contributed by atoms with Gasteiger partial charge in [-0.2, -0.15) is 5.10 Å². The zero-order valence-electron chi connectivity index (χ0n) is 14.6. The summed E-state index contributed by atoms with van der Waals surface area (Å²) >= 11 is 6.28. The molecular formula is C18H19ClN6O. The second kappa shape index (κ2) is 7.97. The number of nitrogens with one attached hydrogen (secondary N) is 1. The normalized spacial score (nSPS) is 10.6. The summed E-state index contributed by atoms with van der Waals surface area (Å²) in [6, 6.07) is 8.86. The number of rotatable bonds is 6. The lowest BCUT2D eigenvalue weighted by Crippen LogP contribution is -2.23. The fraction of sp³-hybridized carbons (Fsp3) is 0.222. The summed E-state index contributed by atoms with van der Waals surface area (Å²) in [6.45, 7) is 5.85. The van der Waals surface area contributed by atoms with E-state index in [4.69, 9.17) is 11.6 Å². The number of hydrogen-bond donors (Lipinski definition) is 1. The molecule has 0 atom stereocenters. The van der Waals surface area contributed by atoms with E-state index in [9.17, 15) is 4.79 Å². The first-order valence-corrected chi connectivity index (χ1v) is 8.67. The van der Waals surface area contributed by atoms with E-state index in [0.29, 0.717) is 22.0 Å². The Balaban J connectivity index is 1.84. The van der Waals surface area contributed by atoms with Gasteiger partial charge in [-0.3, -0.25) is 4.79 Å². The van der Waals surface area contributed by atoms with Crippen LogP contribution in [0.1, 0.15) is 24.2 Å². The number of carbonyl (C=O) groups excluding carboxylic acids is 1. The van der Waals surface area contributed by atoms with Crippen LogP contribution in [0.15, 0.2) is 49.2 Å². The van der Waals surface area contributed by atoms with E-state index in [1.165, 1.54) is 17.3 Å². The Morgan fingerprint density at radius 2 is 2.04 bits per heavy atom. The number of pyridine rings is 1. The lowest BCUT2D eigenvalue weighted by molar-refractivity contribution is 0.102. The molecule has 0 bridgehead atoms. The summed E-state index contributed by atoms with van der Waals surface area (Å²) in [5, 5.41) is 7.42. The average molecular weight is 371 g/mol. The third kappa shape index (κ3) is 3.67. The molecule has 0 unspecified atom stereocenters. The topological polar surface area (TPSA) is 75.9 Å². The molecule has 0 spiro atoms. The van der Waals surface area contributed by atoms with E-state index in [0.717, 1.165) is 18.9 Å². The molecule has 1 N–H and O–H groups in total. The Kier molecular flexibility index (Phi) is 5.48. The van der Waals surface area contributed by atoms with Crippen molar-refractivity contribution in [2.45, 2.75) is 13.8 Å². The van der Waals surface area contributed by atoms with Crippen LogP contribution < -0.4 is 10.2 Å². The third-order valence-corrected chi connectivity index (χ3v) is 4.29. The van der Waals surface area contributed by atoms with E-state index in [1.54, 1.807) is 30.5 Å². The highest BCUT2D eigenvalue weighted by Gasteiger charge is 2.14. The molecule has 0 radical (unpaired) electrons. The van der Waals surface area contributed by atoms with Crippen molar-refractivity contribution in [1.29, 1.82) is 0 Å². The van der Waals surface area contributed by atoms with Crippen molar-refractivity contribution < 1.29 is 4.79 Å². The Morgan fingerprint density at radius 3 is 2.65 bits per heavy atom. The molecule has 0 saturated carbocycles. The molecule has 3 rings (SSSR count). The molecule has 26 heavy (non-hydrogen) atoms. The van der Waals surface area contributed by atoms with Crippen molar-refractivity contribution in [2.24, 2.45) is 0 Å². The highest BCUT2D eigenvalue weighted by molar-refractivity contribution is 6.33. The molecule has 2 heterocycles. The van der Waals surface area contributed by atoms with Gasteiger partial charge < -0.3 is 10.2 Å². The van der Waals surface area contributed by atoms with Crippen molar-refractivity contribution in [3.8, 4) is 5.69 Å². The van der Waals surface area contributed by atoms with Crippen LogP contribution in [0.3, 0.4) is 0 Å². The fourth-order valence-corrected chi connectivity index (χ4v) is 2.88. The zero-order valence-corrected chi connectivity index (χ0v) is 15.3. The summed E-state index contributed by atoms with van der Waals surface area (Å²) in [6.07, 6.45) is 4.50. The molecule has 7 nitrogen and oxygen atoms in total. The first-order valence-electron chi connectivity index (χ1n) is 8.29. The van der Waals surface area contributed by atoms with Crippen LogP contribution in [-0.4, -0.2) is 38.7 Å². The van der Waals surface area contributed by atoms with Crippen LogP contribution in [0.4, 0.5) is 11.5 Å². The molecule has 1 amide bonds. The SMILES string of the molecule is CCN(CC)c1ccc(C(=O)Nc2cccc(Cl)c2-n2cncn2)cn1. The van der Waals surface area contributed by atoms with Crippen molar-refractivity contribution in [2.75, 3.05) is 23.3 Å². The fourth-order valence-electron chi connectivity index (χ4n) is 2.62. The molecule has 3 aromatic rings. The van der Waals surface area contributed by atoms with Gasteiger partial charge in [-0.15, -0.1) is 0 Å². The molecule has 0 fully saturated rings. The van der Waals surface area contributed by atoms with Gasteiger partial charge >= 0.3 is 0 Å². The van der Waals surface area contributed by atoms with E-state index in [1.807, 2.05) is 6.07 Å². The standard InChI is InChI=1S/C18H19ClN6O/c1-3-24(4-2)16-9-8-13(10-21-16)18(26)23-15-7-5-6-14(19)17(15)25-12-20-11-22-25/h5-12H,3-4H2,1-2H3,(H,23,26). The van der Waals surface area contributed by atoms with Gasteiger partial charge in [0.05, 0.1) is 16.3 Å². The molecule has 2 aromatic heterocycles. The van der Waals surface area contributed by atoms with Gasteiger partial charge in [0.2, 0.25) is 0 Å². The maximum absolute atomic E-state index is 12.6. The van der Waals surface area contributed by atoms with Crippen molar-refractivity contribution >= 4 is 29.0 Å². The second-order valence-electron chi connectivity index (χ2n) is 5.51. The lowest BCUT2D eigenvalue weighted by atomic mass is 10.2. The number of halogens is 1. The van der Waals surface area contributed by atoms with Gasteiger partial charge in [-0.05, 0) is 38.1 Å². The number of carbonyl (C=O) groups is 1. The maximum atomic E-state index is 12.6. The molecule has 134 valence electrons. The van der Waals surface area contributed by atoms with E-state index in [2.05, 4.69) is 39.1 Å². The highest BCUT2D eigenvalue weighted by atomic mass is 35.5. The van der Waals surface area contributed by atoms with Crippen LogP contribution in [0.2, 0.25) is 5.02 Å². The molecular weight excluding hydrogens is 352 g/mol. The van der Waals surface area contributed by atoms with Crippen LogP contribution in [0, 0.1) is 0 Å². The quantitative estimate of drug-likeness (QED) is 0.719. The van der Waals surface area contributed by atoms with Crippen molar-refractivity contribution in [1.82, 2.24) is 19.7 Å². The van der Waals surface area contributed by atoms with Crippen LogP contribution in [0.25, 0.3) is 5.69 Å². The van der Waals surface area contributed by atoms with E-state index >= 15 is 0 Å². The smallest absolute Gasteiger partial charge is 0.257 e. The average Bonchev–Trinajstić information content (AvgIpc) is 3.17. The first kappa shape index (κ1) is 17.9. The third-order valence-electron chi connectivity index (χ3n) is 3.98. The first-order chi connectivity index (χ1) is 12.6. The minimum atomic E-state index is -0.271. The van der Waals surface area contributed by atoms with Gasteiger partial charge in [-0.25, -0.2) is 14.6 Å². The molecule has 0 aliphatic heterocycles. The van der Waals surface area contributed by atoms with Crippen LogP contribution in [0.5, 0.6) is 0 Å². The lowest BCUT2D eigenvalue weighted by Gasteiger charge is -2.19. The Bertz CT molecular complexity index is 875. The minimum Gasteiger partial charge on any atom is -0.357 e. The number of hydrogen-bond acceptors (Lipinski definition) is 5. The van der Waals surface area contributed by atoms with Crippen molar-refractivity contribution in [3.05, 3.63) is 59.8 Å². The number of amides is 1. The largest absolute Gasteiger partial charge is 0.357 e. The number of para-hydroxylation sites is 1. The number of anilines is 2. The summed E-state index contributed by atoms with van der Waals surface area (Å²) in [7, 11) is 0. The summed E-state index contributed by atoms with van der Waals surface area (Å²) < 4.78 is 1.51. The van der Waals surface area contributed by atoms with Gasteiger partial charge in [0.25, 0.3) is 5.91 Å². The van der Waals surface area contributed by atoms with Crippen molar-refractivity contribution in [3.63, 3.8) is 0 Å². The predicted octanol–water partition coefficient (Wildman–Crippen LogP) is 3.41. The molecule has 1 aromatic carbocycles. The highest BCUT2D eigenvalue weighted by Crippen LogP contribution is 2.28. The molecule has 0 aliphatic rings. The Morgan fingerprint density at radius 1 is 1.23 bits per heavy atom. The Labute approximate surface area is 156 Å². The minimum absolute atomic E-state index is 0.271. The summed E-state index contributed by atoms with van der Waals surface area (Å²) in [4.78, 5) is 23.0. The summed E-state index contributed by atoms with van der Waals surface area (Å²) in [5.41, 5.74) is 1.57. The maximum Gasteiger partial charge on any atom is 0.257 e. The number of aromatic nitrogens is 4. The molecule has 0 aliphatic carbocycles. The van der Waals surface area contributed by atoms with E-state index < -0.39 is 0 Å². The van der Waals surface area contributed by atoms with Crippen LogP contribution in [-0.2, 0) is 0 Å². The van der Waals surface area contributed by atoms with Gasteiger partial charge in [0, 0.05) is 19.3 Å². The summed E-state index contributed by atoms with van der Waals surface area (Å²) in [5.74, 6) is 0.574. The zero-order chi connectivity index (χ0) is 18.5. The number of nitrogens with zero attached hydrogens (tertiary/aromatic N) is 5. The monoisotopic (exact) mass is 370 g/mol. The Hall–Kier alpha value is -2.93. The molecule has 0 saturated heterocycles. The van der Waals surface area contributed by atoms with E-state index in [-0.39, 0.29) is 5.91 Å². The van der Waals surface area contributed by atoms with Gasteiger partial charge in [0.15, 0.2) is 0 Å². The van der Waals surface area contributed by atoms with Crippen LogP contribution >= 0.6 is 11.6 Å². The molecule has 8 heteroatoms. The second-order valence-corrected chi connectivity index (χ2v) is 5.91. The van der Waals surface area contributed by atoms with Gasteiger partial charge in [-0.1, -0.05) is 17.7 Å².